The zero-order valence-electron chi connectivity index (χ0n) is 7.70. The van der Waals surface area contributed by atoms with Crippen molar-refractivity contribution in [2.24, 2.45) is 0 Å². The van der Waals surface area contributed by atoms with Crippen molar-refractivity contribution in [3.05, 3.63) is 17.0 Å². The normalized spacial score (nSPS) is 14.1. The number of hydrogen-bond donors (Lipinski definition) is 1. The Balaban J connectivity index is 0.000000980. The van der Waals surface area contributed by atoms with E-state index in [1.807, 2.05) is 0 Å². The largest absolute Gasteiger partial charge is 0.464 e. The second kappa shape index (κ2) is 4.43. The third-order valence-corrected chi connectivity index (χ3v) is 2.09. The molecule has 0 radical (unpaired) electrons. The smallest absolute Gasteiger partial charge is 0.360 e. The van der Waals surface area contributed by atoms with Gasteiger partial charge in [-0.15, -0.1) is 12.4 Å². The summed E-state index contributed by atoms with van der Waals surface area (Å²) >= 11 is 0. The zero-order chi connectivity index (χ0) is 9.26. The number of rotatable bonds is 1. The van der Waals surface area contributed by atoms with Crippen LogP contribution in [-0.2, 0) is 17.7 Å². The summed E-state index contributed by atoms with van der Waals surface area (Å²) in [7, 11) is 1.34. The van der Waals surface area contributed by atoms with Crippen molar-refractivity contribution in [3.8, 4) is 0 Å². The van der Waals surface area contributed by atoms with Crippen molar-refractivity contribution < 1.29 is 14.1 Å². The van der Waals surface area contributed by atoms with Gasteiger partial charge in [-0.25, -0.2) is 4.79 Å². The van der Waals surface area contributed by atoms with Gasteiger partial charge < -0.3 is 14.6 Å². The minimum absolute atomic E-state index is 0. The van der Waals surface area contributed by atoms with Crippen LogP contribution in [0.25, 0.3) is 0 Å². The van der Waals surface area contributed by atoms with Gasteiger partial charge in [-0.1, -0.05) is 5.16 Å². The molecule has 1 aliphatic rings. The minimum Gasteiger partial charge on any atom is -0.464 e. The molecule has 1 N–H and O–H groups in total. The molecule has 78 valence electrons. The molecule has 2 heterocycles. The van der Waals surface area contributed by atoms with E-state index in [1.165, 1.54) is 7.11 Å². The summed E-state index contributed by atoms with van der Waals surface area (Å²) < 4.78 is 9.58. The van der Waals surface area contributed by atoms with Gasteiger partial charge in [-0.05, 0) is 13.0 Å². The van der Waals surface area contributed by atoms with Gasteiger partial charge in [0.25, 0.3) is 0 Å². The molecule has 0 aliphatic carbocycles. The monoisotopic (exact) mass is 218 g/mol. The first-order valence-corrected chi connectivity index (χ1v) is 4.09. The average molecular weight is 219 g/mol. The highest BCUT2D eigenvalue weighted by atomic mass is 35.5. The highest BCUT2D eigenvalue weighted by molar-refractivity contribution is 5.88. The van der Waals surface area contributed by atoms with Crippen LogP contribution in [-0.4, -0.2) is 24.8 Å². The highest BCUT2D eigenvalue weighted by Crippen LogP contribution is 2.18. The van der Waals surface area contributed by atoms with Gasteiger partial charge in [0.1, 0.15) is 0 Å². The first-order chi connectivity index (χ1) is 6.33. The maximum atomic E-state index is 11.2. The first-order valence-electron chi connectivity index (χ1n) is 4.09. The van der Waals surface area contributed by atoms with E-state index in [-0.39, 0.29) is 12.4 Å². The predicted molar refractivity (Wildman–Crippen MR) is 50.5 cm³/mol. The van der Waals surface area contributed by atoms with Crippen molar-refractivity contribution in [1.82, 2.24) is 10.5 Å². The molecule has 14 heavy (non-hydrogen) atoms. The van der Waals surface area contributed by atoms with Crippen molar-refractivity contribution in [1.29, 1.82) is 0 Å². The van der Waals surface area contributed by atoms with E-state index in [9.17, 15) is 4.79 Å². The number of methoxy groups -OCH3 is 1. The van der Waals surface area contributed by atoms with Crippen LogP contribution in [0.5, 0.6) is 0 Å². The lowest BCUT2D eigenvalue weighted by molar-refractivity contribution is 0.0588. The molecule has 0 atom stereocenters. The van der Waals surface area contributed by atoms with E-state index in [1.54, 1.807) is 0 Å². The molecule has 1 aromatic rings. The molecular formula is C8H11ClN2O3. The van der Waals surface area contributed by atoms with Crippen molar-refractivity contribution in [3.63, 3.8) is 0 Å². The summed E-state index contributed by atoms with van der Waals surface area (Å²) in [5, 5.41) is 6.80. The van der Waals surface area contributed by atoms with Crippen LogP contribution in [0.3, 0.4) is 0 Å². The molecular weight excluding hydrogens is 208 g/mol. The van der Waals surface area contributed by atoms with Gasteiger partial charge >= 0.3 is 5.97 Å². The lowest BCUT2D eigenvalue weighted by atomic mass is 10.1. The van der Waals surface area contributed by atoms with Crippen LogP contribution in [0.15, 0.2) is 4.52 Å². The van der Waals surface area contributed by atoms with Gasteiger partial charge in [0.2, 0.25) is 0 Å². The topological polar surface area (TPSA) is 64.4 Å². The molecule has 1 aromatic heterocycles. The van der Waals surface area contributed by atoms with E-state index < -0.39 is 5.97 Å². The maximum Gasteiger partial charge on any atom is 0.360 e. The Bertz CT molecular complexity index is 337. The molecule has 6 heteroatoms. The number of ether oxygens (including phenoxy) is 1. The van der Waals surface area contributed by atoms with E-state index in [4.69, 9.17) is 4.52 Å². The number of carbonyl (C=O) groups excluding carboxylic acids is 1. The van der Waals surface area contributed by atoms with Gasteiger partial charge in [-0.3, -0.25) is 0 Å². The van der Waals surface area contributed by atoms with E-state index >= 15 is 0 Å². The molecule has 0 saturated heterocycles. The summed E-state index contributed by atoms with van der Waals surface area (Å²) in [6, 6.07) is 0. The standard InChI is InChI=1S/C8H10N2O3.ClH/c1-12-8(11)7-5-2-3-9-4-6(5)13-10-7;/h9H,2-4H2,1H3;1H. The predicted octanol–water partition coefficient (Wildman–Crippen LogP) is 0.529. The molecule has 0 spiro atoms. The number of hydrogen-bond acceptors (Lipinski definition) is 5. The lowest BCUT2D eigenvalue weighted by Crippen LogP contribution is -2.23. The number of carbonyl (C=O) groups is 1. The minimum atomic E-state index is -0.424. The van der Waals surface area contributed by atoms with Gasteiger partial charge in [0, 0.05) is 5.56 Å². The van der Waals surface area contributed by atoms with Crippen LogP contribution in [0.2, 0.25) is 0 Å². The number of nitrogens with one attached hydrogen (secondary N) is 1. The second-order valence-electron chi connectivity index (χ2n) is 2.85. The molecule has 1 aliphatic heterocycles. The number of nitrogens with zero attached hydrogens (tertiary/aromatic N) is 1. The average Bonchev–Trinajstić information content (AvgIpc) is 2.60. The number of esters is 1. The fourth-order valence-electron chi connectivity index (χ4n) is 1.41. The quantitative estimate of drug-likeness (QED) is 0.697. The van der Waals surface area contributed by atoms with Crippen LogP contribution in [0, 0.1) is 0 Å². The number of aromatic nitrogens is 1. The summed E-state index contributed by atoms with van der Waals surface area (Å²) in [6.45, 7) is 1.48. The number of fused-ring (bicyclic) bond motifs is 1. The SMILES string of the molecule is COC(=O)c1noc2c1CCNC2.Cl. The zero-order valence-corrected chi connectivity index (χ0v) is 8.52. The summed E-state index contributed by atoms with van der Waals surface area (Å²) in [6.07, 6.45) is 0.767. The van der Waals surface area contributed by atoms with Gasteiger partial charge in [0.15, 0.2) is 11.5 Å². The van der Waals surface area contributed by atoms with Crippen LogP contribution in [0.1, 0.15) is 21.8 Å². The summed E-state index contributed by atoms with van der Waals surface area (Å²) in [5.74, 6) is 0.318. The first kappa shape index (κ1) is 11.0. The molecule has 0 saturated carbocycles. The molecule has 2 rings (SSSR count). The van der Waals surface area contributed by atoms with E-state index in [2.05, 4.69) is 15.2 Å². The Kier molecular flexibility index (Phi) is 3.49. The molecule has 0 aromatic carbocycles. The van der Waals surface area contributed by atoms with Crippen molar-refractivity contribution in [2.75, 3.05) is 13.7 Å². The lowest BCUT2D eigenvalue weighted by Gasteiger charge is -2.09. The fourth-order valence-corrected chi connectivity index (χ4v) is 1.41. The van der Waals surface area contributed by atoms with Crippen LogP contribution < -0.4 is 5.32 Å². The van der Waals surface area contributed by atoms with Crippen molar-refractivity contribution >= 4 is 18.4 Å². The van der Waals surface area contributed by atoms with Crippen molar-refractivity contribution in [2.45, 2.75) is 13.0 Å². The Labute approximate surface area is 87.2 Å². The van der Waals surface area contributed by atoms with Gasteiger partial charge in [0.05, 0.1) is 13.7 Å². The van der Waals surface area contributed by atoms with E-state index in [0.717, 1.165) is 24.3 Å². The highest BCUT2D eigenvalue weighted by Gasteiger charge is 2.23. The molecule has 0 unspecified atom stereocenters. The van der Waals surface area contributed by atoms with Crippen LogP contribution in [0.4, 0.5) is 0 Å². The molecule has 0 fully saturated rings. The number of halogens is 1. The summed E-state index contributed by atoms with van der Waals surface area (Å²) in [4.78, 5) is 11.2. The Morgan fingerprint density at radius 3 is 3.14 bits per heavy atom. The van der Waals surface area contributed by atoms with E-state index in [0.29, 0.717) is 12.2 Å². The Hall–Kier alpha value is -1.07. The second-order valence-corrected chi connectivity index (χ2v) is 2.85. The summed E-state index contributed by atoms with van der Waals surface area (Å²) in [5.41, 5.74) is 1.20. The van der Waals surface area contributed by atoms with Crippen LogP contribution >= 0.6 is 12.4 Å². The maximum absolute atomic E-state index is 11.2. The molecule has 0 bridgehead atoms. The Morgan fingerprint density at radius 2 is 2.43 bits per heavy atom. The fraction of sp³-hybridized carbons (Fsp3) is 0.500. The molecule has 0 amide bonds. The Morgan fingerprint density at radius 1 is 1.64 bits per heavy atom. The third-order valence-electron chi connectivity index (χ3n) is 2.09. The molecule has 5 nitrogen and oxygen atoms in total. The van der Waals surface area contributed by atoms with Gasteiger partial charge in [-0.2, -0.15) is 0 Å². The third kappa shape index (κ3) is 1.73.